The SMILES string of the molecule is COc1ccccc1CC(C)Nc1ccccc1OC. The maximum absolute atomic E-state index is 5.39. The fourth-order valence-corrected chi connectivity index (χ4v) is 2.28. The number of methoxy groups -OCH3 is 2. The van der Waals surface area contributed by atoms with Crippen LogP contribution in [0.1, 0.15) is 12.5 Å². The molecule has 1 atom stereocenters. The van der Waals surface area contributed by atoms with Crippen molar-refractivity contribution in [2.75, 3.05) is 19.5 Å². The number of nitrogens with one attached hydrogen (secondary N) is 1. The fourth-order valence-electron chi connectivity index (χ4n) is 2.28. The Hall–Kier alpha value is -2.16. The van der Waals surface area contributed by atoms with Crippen molar-refractivity contribution in [2.24, 2.45) is 0 Å². The van der Waals surface area contributed by atoms with Crippen LogP contribution in [0.4, 0.5) is 5.69 Å². The molecule has 3 nitrogen and oxygen atoms in total. The summed E-state index contributed by atoms with van der Waals surface area (Å²) in [5, 5.41) is 3.48. The van der Waals surface area contributed by atoms with Crippen LogP contribution in [0, 0.1) is 0 Å². The third-order valence-electron chi connectivity index (χ3n) is 3.23. The highest BCUT2D eigenvalue weighted by molar-refractivity contribution is 5.56. The molecule has 2 rings (SSSR count). The molecule has 0 aromatic heterocycles. The second-order valence-electron chi connectivity index (χ2n) is 4.76. The van der Waals surface area contributed by atoms with E-state index in [-0.39, 0.29) is 6.04 Å². The van der Waals surface area contributed by atoms with Gasteiger partial charge in [0.05, 0.1) is 19.9 Å². The number of rotatable bonds is 6. The molecule has 0 amide bonds. The molecule has 1 unspecified atom stereocenters. The van der Waals surface area contributed by atoms with Crippen molar-refractivity contribution >= 4 is 5.69 Å². The Morgan fingerprint density at radius 1 is 0.900 bits per heavy atom. The molecule has 0 saturated carbocycles. The number of anilines is 1. The van der Waals surface area contributed by atoms with E-state index in [4.69, 9.17) is 9.47 Å². The molecule has 0 fully saturated rings. The van der Waals surface area contributed by atoms with Gasteiger partial charge in [0, 0.05) is 6.04 Å². The van der Waals surface area contributed by atoms with Crippen LogP contribution in [0.15, 0.2) is 48.5 Å². The van der Waals surface area contributed by atoms with E-state index in [0.29, 0.717) is 0 Å². The number of para-hydroxylation sites is 3. The van der Waals surface area contributed by atoms with Gasteiger partial charge in [0.25, 0.3) is 0 Å². The van der Waals surface area contributed by atoms with E-state index in [0.717, 1.165) is 23.6 Å². The Kier molecular flexibility index (Phi) is 4.88. The average Bonchev–Trinajstić information content (AvgIpc) is 2.48. The number of benzene rings is 2. The van der Waals surface area contributed by atoms with E-state index in [1.54, 1.807) is 14.2 Å². The van der Waals surface area contributed by atoms with Gasteiger partial charge in [-0.3, -0.25) is 0 Å². The molecule has 20 heavy (non-hydrogen) atoms. The number of ether oxygens (including phenoxy) is 2. The summed E-state index contributed by atoms with van der Waals surface area (Å²) in [4.78, 5) is 0. The molecule has 0 spiro atoms. The highest BCUT2D eigenvalue weighted by Gasteiger charge is 2.09. The predicted octanol–water partition coefficient (Wildman–Crippen LogP) is 3.75. The first kappa shape index (κ1) is 14.3. The maximum atomic E-state index is 5.39. The molecule has 1 N–H and O–H groups in total. The quantitative estimate of drug-likeness (QED) is 0.868. The molecule has 0 radical (unpaired) electrons. The second kappa shape index (κ2) is 6.85. The Bertz CT molecular complexity index is 505. The van der Waals surface area contributed by atoms with E-state index < -0.39 is 0 Å². The lowest BCUT2D eigenvalue weighted by Gasteiger charge is -2.18. The summed E-state index contributed by atoms with van der Waals surface area (Å²) in [6.07, 6.45) is 0.891. The summed E-state index contributed by atoms with van der Waals surface area (Å²) < 4.78 is 10.7. The predicted molar refractivity (Wildman–Crippen MR) is 82.8 cm³/mol. The molecule has 0 aliphatic heterocycles. The van der Waals surface area contributed by atoms with Crippen LogP contribution in [0.25, 0.3) is 0 Å². The van der Waals surface area contributed by atoms with Crippen LogP contribution in [0.5, 0.6) is 11.5 Å². The van der Waals surface area contributed by atoms with Gasteiger partial charge in [-0.1, -0.05) is 30.3 Å². The Morgan fingerprint density at radius 2 is 1.50 bits per heavy atom. The molecule has 3 heteroatoms. The topological polar surface area (TPSA) is 30.5 Å². The van der Waals surface area contributed by atoms with Crippen molar-refractivity contribution in [1.82, 2.24) is 0 Å². The van der Waals surface area contributed by atoms with E-state index in [1.165, 1.54) is 5.56 Å². The van der Waals surface area contributed by atoms with Gasteiger partial charge in [-0.2, -0.15) is 0 Å². The molecular weight excluding hydrogens is 250 g/mol. The number of hydrogen-bond acceptors (Lipinski definition) is 3. The van der Waals surface area contributed by atoms with Gasteiger partial charge < -0.3 is 14.8 Å². The van der Waals surface area contributed by atoms with Crippen molar-refractivity contribution < 1.29 is 9.47 Å². The van der Waals surface area contributed by atoms with Crippen LogP contribution >= 0.6 is 0 Å². The van der Waals surface area contributed by atoms with Crippen molar-refractivity contribution in [2.45, 2.75) is 19.4 Å². The zero-order valence-electron chi connectivity index (χ0n) is 12.2. The summed E-state index contributed by atoms with van der Waals surface area (Å²) >= 11 is 0. The highest BCUT2D eigenvalue weighted by atomic mass is 16.5. The molecular formula is C17H21NO2. The van der Waals surface area contributed by atoms with Crippen molar-refractivity contribution in [1.29, 1.82) is 0 Å². The van der Waals surface area contributed by atoms with Crippen LogP contribution in [0.2, 0.25) is 0 Å². The van der Waals surface area contributed by atoms with Crippen molar-refractivity contribution in [3.8, 4) is 11.5 Å². The lowest BCUT2D eigenvalue weighted by Crippen LogP contribution is -2.18. The minimum Gasteiger partial charge on any atom is -0.496 e. The molecule has 0 saturated heterocycles. The van der Waals surface area contributed by atoms with Gasteiger partial charge in [0.1, 0.15) is 11.5 Å². The van der Waals surface area contributed by atoms with Gasteiger partial charge in [-0.05, 0) is 37.1 Å². The van der Waals surface area contributed by atoms with Crippen LogP contribution in [-0.4, -0.2) is 20.3 Å². The molecule has 2 aromatic rings. The van der Waals surface area contributed by atoms with Crippen molar-refractivity contribution in [3.63, 3.8) is 0 Å². The molecule has 0 bridgehead atoms. The standard InChI is InChI=1S/C17H21NO2/c1-13(12-14-8-4-6-10-16(14)19-2)18-15-9-5-7-11-17(15)20-3/h4-11,13,18H,12H2,1-3H3. The zero-order valence-corrected chi connectivity index (χ0v) is 12.2. The van der Waals surface area contributed by atoms with Crippen LogP contribution in [-0.2, 0) is 6.42 Å². The first-order chi connectivity index (χ1) is 9.74. The molecule has 0 aliphatic rings. The maximum Gasteiger partial charge on any atom is 0.141 e. The van der Waals surface area contributed by atoms with Gasteiger partial charge >= 0.3 is 0 Å². The van der Waals surface area contributed by atoms with Gasteiger partial charge in [0.15, 0.2) is 0 Å². The first-order valence-electron chi connectivity index (χ1n) is 6.76. The summed E-state index contributed by atoms with van der Waals surface area (Å²) in [7, 11) is 3.39. The van der Waals surface area contributed by atoms with Crippen molar-refractivity contribution in [3.05, 3.63) is 54.1 Å². The molecule has 0 aliphatic carbocycles. The second-order valence-corrected chi connectivity index (χ2v) is 4.76. The molecule has 2 aromatic carbocycles. The third-order valence-corrected chi connectivity index (χ3v) is 3.23. The van der Waals surface area contributed by atoms with Gasteiger partial charge in [-0.15, -0.1) is 0 Å². The molecule has 106 valence electrons. The van der Waals surface area contributed by atoms with Crippen LogP contribution in [0.3, 0.4) is 0 Å². The van der Waals surface area contributed by atoms with Gasteiger partial charge in [0.2, 0.25) is 0 Å². The zero-order chi connectivity index (χ0) is 14.4. The lowest BCUT2D eigenvalue weighted by atomic mass is 10.1. The summed E-state index contributed by atoms with van der Waals surface area (Å²) in [5.74, 6) is 1.79. The van der Waals surface area contributed by atoms with Crippen LogP contribution < -0.4 is 14.8 Å². The Balaban J connectivity index is 2.07. The summed E-state index contributed by atoms with van der Waals surface area (Å²) in [6, 6.07) is 16.3. The first-order valence-corrected chi connectivity index (χ1v) is 6.76. The Labute approximate surface area is 120 Å². The monoisotopic (exact) mass is 271 g/mol. The highest BCUT2D eigenvalue weighted by Crippen LogP contribution is 2.25. The fraction of sp³-hybridized carbons (Fsp3) is 0.294. The summed E-state index contributed by atoms with van der Waals surface area (Å²) in [5.41, 5.74) is 2.21. The van der Waals surface area contributed by atoms with Gasteiger partial charge in [-0.25, -0.2) is 0 Å². The normalized spacial score (nSPS) is 11.8. The summed E-state index contributed by atoms with van der Waals surface area (Å²) in [6.45, 7) is 2.15. The third kappa shape index (κ3) is 3.44. The number of hydrogen-bond donors (Lipinski definition) is 1. The smallest absolute Gasteiger partial charge is 0.141 e. The minimum atomic E-state index is 0.280. The minimum absolute atomic E-state index is 0.280. The largest absolute Gasteiger partial charge is 0.496 e. The van der Waals surface area contributed by atoms with E-state index >= 15 is 0 Å². The molecule has 0 heterocycles. The van der Waals surface area contributed by atoms with E-state index in [9.17, 15) is 0 Å². The lowest BCUT2D eigenvalue weighted by molar-refractivity contribution is 0.408. The van der Waals surface area contributed by atoms with E-state index in [2.05, 4.69) is 18.3 Å². The Morgan fingerprint density at radius 3 is 2.20 bits per heavy atom. The average molecular weight is 271 g/mol. The van der Waals surface area contributed by atoms with E-state index in [1.807, 2.05) is 42.5 Å².